The van der Waals surface area contributed by atoms with Crippen LogP contribution in [0.3, 0.4) is 0 Å². The van der Waals surface area contributed by atoms with E-state index in [1.165, 1.54) is 0 Å². The first-order valence-corrected chi connectivity index (χ1v) is 8.74. The maximum absolute atomic E-state index is 12.3. The topological polar surface area (TPSA) is 67.3 Å². The summed E-state index contributed by atoms with van der Waals surface area (Å²) < 4.78 is 4.96. The number of nitrogens with zero attached hydrogens (tertiary/aromatic N) is 3. The standard InChI is InChI=1S/C21H22N4O2/c1-27-15-14-22-20(26)19-12-13-23-21(24-19)25(18-10-6-3-7-11-18)16-17-8-4-2-5-9-17/h2-13H,14-16H2,1H3,(H,22,26). The quantitative estimate of drug-likeness (QED) is 0.624. The summed E-state index contributed by atoms with van der Waals surface area (Å²) in [6.45, 7) is 1.48. The minimum Gasteiger partial charge on any atom is -0.383 e. The third kappa shape index (κ3) is 5.12. The van der Waals surface area contributed by atoms with Crippen LogP contribution >= 0.6 is 0 Å². The molecule has 1 amide bonds. The van der Waals surface area contributed by atoms with E-state index in [-0.39, 0.29) is 5.91 Å². The highest BCUT2D eigenvalue weighted by Gasteiger charge is 2.15. The Kier molecular flexibility index (Phi) is 6.49. The molecular weight excluding hydrogens is 340 g/mol. The molecule has 0 fully saturated rings. The van der Waals surface area contributed by atoms with Crippen LogP contribution in [0.1, 0.15) is 16.1 Å². The lowest BCUT2D eigenvalue weighted by Gasteiger charge is -2.23. The van der Waals surface area contributed by atoms with E-state index < -0.39 is 0 Å². The molecule has 3 aromatic rings. The van der Waals surface area contributed by atoms with Gasteiger partial charge in [0.05, 0.1) is 13.2 Å². The van der Waals surface area contributed by atoms with Gasteiger partial charge in [0.25, 0.3) is 5.91 Å². The smallest absolute Gasteiger partial charge is 0.270 e. The third-order valence-electron chi connectivity index (χ3n) is 3.96. The predicted octanol–water partition coefficient (Wildman–Crippen LogP) is 3.19. The first-order valence-electron chi connectivity index (χ1n) is 8.74. The van der Waals surface area contributed by atoms with E-state index in [0.717, 1.165) is 11.3 Å². The van der Waals surface area contributed by atoms with Crippen molar-refractivity contribution in [3.63, 3.8) is 0 Å². The summed E-state index contributed by atoms with van der Waals surface area (Å²) in [6, 6.07) is 21.6. The zero-order chi connectivity index (χ0) is 18.9. The fourth-order valence-electron chi connectivity index (χ4n) is 2.61. The molecule has 0 aliphatic heterocycles. The zero-order valence-electron chi connectivity index (χ0n) is 15.2. The van der Waals surface area contributed by atoms with Crippen molar-refractivity contribution in [1.29, 1.82) is 0 Å². The van der Waals surface area contributed by atoms with Crippen LogP contribution in [0, 0.1) is 0 Å². The van der Waals surface area contributed by atoms with Gasteiger partial charge in [0.1, 0.15) is 5.69 Å². The highest BCUT2D eigenvalue weighted by Crippen LogP contribution is 2.24. The van der Waals surface area contributed by atoms with Crippen molar-refractivity contribution in [2.45, 2.75) is 6.54 Å². The SMILES string of the molecule is COCCNC(=O)c1ccnc(N(Cc2ccccc2)c2ccccc2)n1. The Balaban J connectivity index is 1.88. The van der Waals surface area contributed by atoms with E-state index in [9.17, 15) is 4.79 Å². The summed E-state index contributed by atoms with van der Waals surface area (Å²) >= 11 is 0. The van der Waals surface area contributed by atoms with Crippen LogP contribution in [-0.4, -0.2) is 36.1 Å². The van der Waals surface area contributed by atoms with Gasteiger partial charge in [-0.15, -0.1) is 0 Å². The predicted molar refractivity (Wildman–Crippen MR) is 105 cm³/mol. The van der Waals surface area contributed by atoms with Gasteiger partial charge in [0.2, 0.25) is 5.95 Å². The maximum Gasteiger partial charge on any atom is 0.270 e. The van der Waals surface area contributed by atoms with E-state index >= 15 is 0 Å². The van der Waals surface area contributed by atoms with E-state index in [0.29, 0.717) is 31.3 Å². The number of benzene rings is 2. The number of para-hydroxylation sites is 1. The molecule has 1 N–H and O–H groups in total. The Morgan fingerprint density at radius 3 is 2.44 bits per heavy atom. The number of aromatic nitrogens is 2. The van der Waals surface area contributed by atoms with Crippen LogP contribution in [0.5, 0.6) is 0 Å². The number of carbonyl (C=O) groups is 1. The summed E-state index contributed by atoms with van der Waals surface area (Å²) in [7, 11) is 1.59. The number of rotatable bonds is 8. The molecule has 138 valence electrons. The largest absolute Gasteiger partial charge is 0.383 e. The normalized spacial score (nSPS) is 10.4. The third-order valence-corrected chi connectivity index (χ3v) is 3.96. The second kappa shape index (κ2) is 9.45. The van der Waals surface area contributed by atoms with E-state index in [2.05, 4.69) is 27.4 Å². The summed E-state index contributed by atoms with van der Waals surface area (Å²) in [5.74, 6) is 0.230. The molecule has 0 unspecified atom stereocenters. The van der Waals surface area contributed by atoms with Crippen LogP contribution in [0.4, 0.5) is 11.6 Å². The van der Waals surface area contributed by atoms with Gasteiger partial charge in [0, 0.05) is 25.5 Å². The van der Waals surface area contributed by atoms with E-state index in [1.807, 2.05) is 53.4 Å². The second-order valence-electron chi connectivity index (χ2n) is 5.90. The van der Waals surface area contributed by atoms with Gasteiger partial charge in [-0.25, -0.2) is 9.97 Å². The Morgan fingerprint density at radius 1 is 1.04 bits per heavy atom. The van der Waals surface area contributed by atoms with Gasteiger partial charge in [-0.3, -0.25) is 4.79 Å². The fourth-order valence-corrected chi connectivity index (χ4v) is 2.61. The fraction of sp³-hybridized carbons (Fsp3) is 0.190. The molecule has 6 heteroatoms. The van der Waals surface area contributed by atoms with E-state index in [1.54, 1.807) is 19.4 Å². The number of amides is 1. The van der Waals surface area contributed by atoms with Crippen molar-refractivity contribution in [3.8, 4) is 0 Å². The second-order valence-corrected chi connectivity index (χ2v) is 5.90. The minimum absolute atomic E-state index is 0.247. The summed E-state index contributed by atoms with van der Waals surface area (Å²) in [6.07, 6.45) is 1.61. The van der Waals surface area contributed by atoms with Crippen molar-refractivity contribution in [1.82, 2.24) is 15.3 Å². The molecule has 0 radical (unpaired) electrons. The van der Waals surface area contributed by atoms with Crippen molar-refractivity contribution in [2.24, 2.45) is 0 Å². The van der Waals surface area contributed by atoms with Crippen LogP contribution in [-0.2, 0) is 11.3 Å². The average Bonchev–Trinajstić information content (AvgIpc) is 2.73. The van der Waals surface area contributed by atoms with Crippen molar-refractivity contribution < 1.29 is 9.53 Å². The van der Waals surface area contributed by atoms with Crippen LogP contribution in [0.2, 0.25) is 0 Å². The zero-order valence-corrected chi connectivity index (χ0v) is 15.2. The van der Waals surface area contributed by atoms with Crippen molar-refractivity contribution in [2.75, 3.05) is 25.2 Å². The summed E-state index contributed by atoms with van der Waals surface area (Å²) in [4.78, 5) is 23.2. The molecule has 1 aromatic heterocycles. The Labute approximate surface area is 158 Å². The molecule has 0 saturated carbocycles. The van der Waals surface area contributed by atoms with E-state index in [4.69, 9.17) is 4.74 Å². The van der Waals surface area contributed by atoms with Crippen LogP contribution in [0.25, 0.3) is 0 Å². The number of nitrogens with one attached hydrogen (secondary N) is 1. The van der Waals surface area contributed by atoms with Gasteiger partial charge in [-0.1, -0.05) is 48.5 Å². The highest BCUT2D eigenvalue weighted by atomic mass is 16.5. The number of ether oxygens (including phenoxy) is 1. The first kappa shape index (κ1) is 18.5. The lowest BCUT2D eigenvalue weighted by atomic mass is 10.2. The van der Waals surface area contributed by atoms with Gasteiger partial charge >= 0.3 is 0 Å². The molecule has 1 heterocycles. The maximum atomic E-state index is 12.3. The van der Waals surface area contributed by atoms with Crippen molar-refractivity contribution in [3.05, 3.63) is 84.2 Å². The Hall–Kier alpha value is -3.25. The average molecular weight is 362 g/mol. The number of carbonyl (C=O) groups excluding carboxylic acids is 1. The van der Waals surface area contributed by atoms with Gasteiger partial charge < -0.3 is 15.0 Å². The monoisotopic (exact) mass is 362 g/mol. The summed E-state index contributed by atoms with van der Waals surface area (Å²) in [5, 5.41) is 2.78. The lowest BCUT2D eigenvalue weighted by Crippen LogP contribution is -2.28. The Morgan fingerprint density at radius 2 is 1.74 bits per heavy atom. The number of hydrogen-bond acceptors (Lipinski definition) is 5. The van der Waals surface area contributed by atoms with Crippen LogP contribution in [0.15, 0.2) is 72.9 Å². The molecule has 2 aromatic carbocycles. The van der Waals surface area contributed by atoms with Crippen LogP contribution < -0.4 is 10.2 Å². The van der Waals surface area contributed by atoms with Gasteiger partial charge in [0.15, 0.2) is 0 Å². The molecule has 0 atom stereocenters. The Bertz CT molecular complexity index is 856. The lowest BCUT2D eigenvalue weighted by molar-refractivity contribution is 0.0932. The molecule has 0 aliphatic carbocycles. The molecule has 0 aliphatic rings. The minimum atomic E-state index is -0.247. The number of hydrogen-bond donors (Lipinski definition) is 1. The van der Waals surface area contributed by atoms with Gasteiger partial charge in [-0.2, -0.15) is 0 Å². The molecule has 27 heavy (non-hydrogen) atoms. The van der Waals surface area contributed by atoms with Crippen molar-refractivity contribution >= 4 is 17.5 Å². The number of anilines is 2. The van der Waals surface area contributed by atoms with Gasteiger partial charge in [-0.05, 0) is 23.8 Å². The molecule has 0 bridgehead atoms. The first-order chi connectivity index (χ1) is 13.3. The number of methoxy groups -OCH3 is 1. The molecule has 3 rings (SSSR count). The molecule has 6 nitrogen and oxygen atoms in total. The molecule has 0 saturated heterocycles. The molecule has 0 spiro atoms. The summed E-state index contributed by atoms with van der Waals surface area (Å²) in [5.41, 5.74) is 2.41. The highest BCUT2D eigenvalue weighted by molar-refractivity contribution is 5.92. The molecular formula is C21H22N4O2.